The highest BCUT2D eigenvalue weighted by Gasteiger charge is 2.43. The molecule has 2 fully saturated rings. The molecule has 0 aromatic carbocycles. The molecule has 0 bridgehead atoms. The van der Waals surface area contributed by atoms with Crippen molar-refractivity contribution in [1.82, 2.24) is 4.90 Å². The Morgan fingerprint density at radius 1 is 1.24 bits per heavy atom. The summed E-state index contributed by atoms with van der Waals surface area (Å²) in [7, 11) is 0. The average molecular weight is 238 g/mol. The predicted octanol–water partition coefficient (Wildman–Crippen LogP) is 3.02. The zero-order chi connectivity index (χ0) is 12.5. The number of likely N-dealkylation sites (tertiary alicyclic amines) is 1. The molecule has 0 radical (unpaired) electrons. The standard InChI is InChI=1S/C15H30N2/c1-13-6-4-9-17(10-13)15(12-16)8-5-7-14(2,3)11-15/h13H,4-12,16H2,1-3H3. The minimum absolute atomic E-state index is 0.316. The molecule has 100 valence electrons. The van der Waals surface area contributed by atoms with Crippen molar-refractivity contribution in [2.45, 2.75) is 64.8 Å². The van der Waals surface area contributed by atoms with Gasteiger partial charge in [-0.2, -0.15) is 0 Å². The highest BCUT2D eigenvalue weighted by atomic mass is 15.2. The lowest BCUT2D eigenvalue weighted by Gasteiger charge is -2.53. The minimum Gasteiger partial charge on any atom is -0.329 e. The second kappa shape index (κ2) is 4.89. The Morgan fingerprint density at radius 2 is 2.00 bits per heavy atom. The Morgan fingerprint density at radius 3 is 2.59 bits per heavy atom. The van der Waals surface area contributed by atoms with Crippen LogP contribution in [0.5, 0.6) is 0 Å². The second-order valence-corrected chi connectivity index (χ2v) is 7.32. The maximum Gasteiger partial charge on any atom is 0.0336 e. The quantitative estimate of drug-likeness (QED) is 0.801. The number of hydrogen-bond acceptors (Lipinski definition) is 2. The Bertz CT molecular complexity index is 262. The molecule has 2 atom stereocenters. The van der Waals surface area contributed by atoms with Crippen molar-refractivity contribution in [3.63, 3.8) is 0 Å². The van der Waals surface area contributed by atoms with E-state index in [4.69, 9.17) is 5.73 Å². The monoisotopic (exact) mass is 238 g/mol. The van der Waals surface area contributed by atoms with Gasteiger partial charge in [-0.3, -0.25) is 4.90 Å². The number of rotatable bonds is 2. The maximum atomic E-state index is 6.19. The van der Waals surface area contributed by atoms with E-state index in [0.29, 0.717) is 11.0 Å². The summed E-state index contributed by atoms with van der Waals surface area (Å²) >= 11 is 0. The van der Waals surface area contributed by atoms with Crippen molar-refractivity contribution < 1.29 is 0 Å². The van der Waals surface area contributed by atoms with Crippen molar-refractivity contribution in [3.8, 4) is 0 Å². The van der Waals surface area contributed by atoms with E-state index < -0.39 is 0 Å². The van der Waals surface area contributed by atoms with E-state index in [1.54, 1.807) is 0 Å². The summed E-state index contributed by atoms with van der Waals surface area (Å²) in [5.74, 6) is 0.859. The Hall–Kier alpha value is -0.0800. The van der Waals surface area contributed by atoms with Gasteiger partial charge >= 0.3 is 0 Å². The van der Waals surface area contributed by atoms with Gasteiger partial charge in [0.15, 0.2) is 0 Å². The van der Waals surface area contributed by atoms with Crippen molar-refractivity contribution in [2.24, 2.45) is 17.1 Å². The summed E-state index contributed by atoms with van der Waals surface area (Å²) in [5.41, 5.74) is 6.99. The van der Waals surface area contributed by atoms with Crippen LogP contribution in [0.25, 0.3) is 0 Å². The Kier molecular flexibility index (Phi) is 3.84. The molecule has 1 aliphatic heterocycles. The summed E-state index contributed by atoms with van der Waals surface area (Å²) in [4.78, 5) is 2.74. The van der Waals surface area contributed by atoms with E-state index in [0.717, 1.165) is 12.5 Å². The molecule has 2 heteroatoms. The van der Waals surface area contributed by atoms with Crippen LogP contribution in [0.4, 0.5) is 0 Å². The normalized spacial score (nSPS) is 39.2. The highest BCUT2D eigenvalue weighted by Crippen LogP contribution is 2.44. The van der Waals surface area contributed by atoms with Gasteiger partial charge in [-0.15, -0.1) is 0 Å². The van der Waals surface area contributed by atoms with Gasteiger partial charge in [0, 0.05) is 18.6 Å². The molecular weight excluding hydrogens is 208 g/mol. The molecule has 17 heavy (non-hydrogen) atoms. The zero-order valence-corrected chi connectivity index (χ0v) is 12.0. The third kappa shape index (κ3) is 2.85. The van der Waals surface area contributed by atoms with Crippen molar-refractivity contribution >= 4 is 0 Å². The molecule has 2 rings (SSSR count). The molecule has 0 aromatic rings. The lowest BCUT2D eigenvalue weighted by Crippen LogP contribution is -2.59. The van der Waals surface area contributed by atoms with Gasteiger partial charge in [0.25, 0.3) is 0 Å². The van der Waals surface area contributed by atoms with E-state index >= 15 is 0 Å². The fourth-order valence-electron chi connectivity index (χ4n) is 4.16. The summed E-state index contributed by atoms with van der Waals surface area (Å²) in [6.45, 7) is 10.6. The van der Waals surface area contributed by atoms with Crippen molar-refractivity contribution in [1.29, 1.82) is 0 Å². The van der Waals surface area contributed by atoms with Crippen LogP contribution in [-0.4, -0.2) is 30.1 Å². The highest BCUT2D eigenvalue weighted by molar-refractivity contribution is 5.00. The van der Waals surface area contributed by atoms with Crippen LogP contribution in [0.15, 0.2) is 0 Å². The van der Waals surface area contributed by atoms with Crippen LogP contribution in [0, 0.1) is 11.3 Å². The third-order valence-electron chi connectivity index (χ3n) is 5.01. The molecule has 0 amide bonds. The van der Waals surface area contributed by atoms with Crippen LogP contribution in [-0.2, 0) is 0 Å². The van der Waals surface area contributed by atoms with Crippen molar-refractivity contribution in [2.75, 3.05) is 19.6 Å². The summed E-state index contributed by atoms with van der Waals surface area (Å²) in [6, 6.07) is 0. The van der Waals surface area contributed by atoms with Gasteiger partial charge in [-0.1, -0.05) is 27.2 Å². The SMILES string of the molecule is CC1CCCN(C2(CN)CCCC(C)(C)C2)C1. The molecule has 0 spiro atoms. The first kappa shape index (κ1) is 13.4. The maximum absolute atomic E-state index is 6.19. The van der Waals surface area contributed by atoms with Gasteiger partial charge in [-0.25, -0.2) is 0 Å². The summed E-state index contributed by atoms with van der Waals surface area (Å²) < 4.78 is 0. The molecule has 0 aromatic heterocycles. The first-order valence-corrected chi connectivity index (χ1v) is 7.43. The molecule has 1 saturated heterocycles. The largest absolute Gasteiger partial charge is 0.329 e. The lowest BCUT2D eigenvalue weighted by molar-refractivity contribution is -0.0132. The zero-order valence-electron chi connectivity index (χ0n) is 12.0. The number of nitrogens with two attached hydrogens (primary N) is 1. The molecule has 1 saturated carbocycles. The van der Waals surface area contributed by atoms with E-state index in [9.17, 15) is 0 Å². The Balaban J connectivity index is 2.12. The minimum atomic E-state index is 0.316. The fourth-order valence-corrected chi connectivity index (χ4v) is 4.16. The van der Waals surface area contributed by atoms with Crippen molar-refractivity contribution in [3.05, 3.63) is 0 Å². The predicted molar refractivity (Wildman–Crippen MR) is 74.0 cm³/mol. The van der Waals surface area contributed by atoms with Gasteiger partial charge in [-0.05, 0) is 50.0 Å². The van der Waals surface area contributed by atoms with E-state index in [1.807, 2.05) is 0 Å². The first-order valence-electron chi connectivity index (χ1n) is 7.43. The van der Waals surface area contributed by atoms with Gasteiger partial charge in [0.05, 0.1) is 0 Å². The number of hydrogen-bond donors (Lipinski definition) is 1. The molecule has 2 aliphatic rings. The average Bonchev–Trinajstić information content (AvgIpc) is 2.27. The topological polar surface area (TPSA) is 29.3 Å². The second-order valence-electron chi connectivity index (χ2n) is 7.32. The van der Waals surface area contributed by atoms with Gasteiger partial charge < -0.3 is 5.73 Å². The molecule has 2 unspecified atom stereocenters. The van der Waals surface area contributed by atoms with E-state index in [1.165, 1.54) is 51.6 Å². The summed E-state index contributed by atoms with van der Waals surface area (Å²) in [5, 5.41) is 0. The lowest BCUT2D eigenvalue weighted by atomic mass is 9.67. The van der Waals surface area contributed by atoms with Crippen LogP contribution < -0.4 is 5.73 Å². The third-order valence-corrected chi connectivity index (χ3v) is 5.01. The van der Waals surface area contributed by atoms with E-state index in [-0.39, 0.29) is 0 Å². The van der Waals surface area contributed by atoms with Gasteiger partial charge in [0.1, 0.15) is 0 Å². The van der Waals surface area contributed by atoms with Crippen LogP contribution in [0.2, 0.25) is 0 Å². The number of piperidine rings is 1. The molecule has 2 N–H and O–H groups in total. The summed E-state index contributed by atoms with van der Waals surface area (Å²) in [6.07, 6.45) is 8.11. The van der Waals surface area contributed by atoms with Gasteiger partial charge in [0.2, 0.25) is 0 Å². The fraction of sp³-hybridized carbons (Fsp3) is 1.00. The van der Waals surface area contributed by atoms with Crippen LogP contribution >= 0.6 is 0 Å². The molecule has 1 aliphatic carbocycles. The molecule has 1 heterocycles. The Labute approximate surface area is 107 Å². The van der Waals surface area contributed by atoms with E-state index in [2.05, 4.69) is 25.7 Å². The molecular formula is C15H30N2. The van der Waals surface area contributed by atoms with Crippen LogP contribution in [0.1, 0.15) is 59.3 Å². The number of nitrogens with zero attached hydrogens (tertiary/aromatic N) is 1. The van der Waals surface area contributed by atoms with Crippen LogP contribution in [0.3, 0.4) is 0 Å². The molecule has 2 nitrogen and oxygen atoms in total. The first-order chi connectivity index (χ1) is 7.97. The smallest absolute Gasteiger partial charge is 0.0336 e.